The van der Waals surface area contributed by atoms with Gasteiger partial charge < -0.3 is 14.7 Å². The molecule has 3 aromatic carbocycles. The van der Waals surface area contributed by atoms with Crippen molar-refractivity contribution in [3.63, 3.8) is 0 Å². The van der Waals surface area contributed by atoms with E-state index in [0.29, 0.717) is 21.4 Å². The van der Waals surface area contributed by atoms with Crippen LogP contribution in [-0.4, -0.2) is 75.9 Å². The molecule has 0 radical (unpaired) electrons. The summed E-state index contributed by atoms with van der Waals surface area (Å²) in [5, 5.41) is 10.7. The Morgan fingerprint density at radius 3 is 2.16 bits per heavy atom. The van der Waals surface area contributed by atoms with Crippen molar-refractivity contribution in [2.75, 3.05) is 31.5 Å². The zero-order chi connectivity index (χ0) is 31.5. The summed E-state index contributed by atoms with van der Waals surface area (Å²) >= 11 is 11.8. The largest absolute Gasteiger partial charge is 0.488 e. The minimum Gasteiger partial charge on any atom is -0.488 e. The smallest absolute Gasteiger partial charge is 0.261 e. The van der Waals surface area contributed by atoms with Crippen LogP contribution in [0.25, 0.3) is 0 Å². The Balaban J connectivity index is 1.68. The van der Waals surface area contributed by atoms with Crippen molar-refractivity contribution in [2.24, 2.45) is 5.92 Å². The number of aliphatic hydroxyl groups is 1. The first-order chi connectivity index (χ1) is 20.2. The number of nitrogens with zero attached hydrogens (tertiary/aromatic N) is 2. The molecule has 3 atom stereocenters. The highest BCUT2D eigenvalue weighted by Gasteiger charge is 2.33. The topological polar surface area (TPSA) is 133 Å². The lowest BCUT2D eigenvalue weighted by Gasteiger charge is -2.33. The van der Waals surface area contributed by atoms with E-state index < -0.39 is 32.2 Å². The second-order valence-electron chi connectivity index (χ2n) is 10.5. The molecule has 14 heteroatoms. The van der Waals surface area contributed by atoms with Crippen LogP contribution in [0, 0.1) is 5.92 Å². The van der Waals surface area contributed by atoms with Crippen LogP contribution < -0.4 is 9.46 Å². The number of likely N-dealkylation sites (N-methyl/N-ethyl adjacent to an activating group) is 1. The van der Waals surface area contributed by atoms with Crippen LogP contribution in [-0.2, 0) is 31.3 Å². The molecule has 4 rings (SSSR count). The summed E-state index contributed by atoms with van der Waals surface area (Å²) in [6, 6.07) is 15.6. The molecule has 2 N–H and O–H groups in total. The summed E-state index contributed by atoms with van der Waals surface area (Å²) < 4.78 is 62.7. The quantitative estimate of drug-likeness (QED) is 0.348. The number of amides is 1. The van der Waals surface area contributed by atoms with E-state index in [-0.39, 0.29) is 53.4 Å². The Hall–Kier alpha value is -2.87. The van der Waals surface area contributed by atoms with E-state index in [0.717, 1.165) is 0 Å². The molecule has 0 saturated carbocycles. The van der Waals surface area contributed by atoms with Gasteiger partial charge in [-0.1, -0.05) is 30.1 Å². The molecule has 1 amide bonds. The van der Waals surface area contributed by atoms with Gasteiger partial charge in [0, 0.05) is 40.8 Å². The van der Waals surface area contributed by atoms with Gasteiger partial charge in [0.05, 0.1) is 35.4 Å². The fourth-order valence-corrected chi connectivity index (χ4v) is 7.16. The molecule has 232 valence electrons. The third kappa shape index (κ3) is 7.81. The zero-order valence-corrected chi connectivity index (χ0v) is 26.9. The van der Waals surface area contributed by atoms with Crippen molar-refractivity contribution >= 4 is 54.8 Å². The number of hydrogen-bond acceptors (Lipinski definition) is 7. The Morgan fingerprint density at radius 2 is 1.58 bits per heavy atom. The van der Waals surface area contributed by atoms with Gasteiger partial charge in [0.15, 0.2) is 0 Å². The molecule has 0 aromatic heterocycles. The fourth-order valence-electron chi connectivity index (χ4n) is 4.68. The lowest BCUT2D eigenvalue weighted by Crippen LogP contribution is -2.48. The lowest BCUT2D eigenvalue weighted by molar-refractivity contribution is -0.134. The minimum absolute atomic E-state index is 0.00883. The normalized spacial score (nSPS) is 18.7. The summed E-state index contributed by atoms with van der Waals surface area (Å²) in [7, 11) is -6.41. The summed E-state index contributed by atoms with van der Waals surface area (Å²) in [6.07, 6.45) is -0.837. The van der Waals surface area contributed by atoms with Gasteiger partial charge in [-0.05, 0) is 73.7 Å². The Kier molecular flexibility index (Phi) is 10.3. The van der Waals surface area contributed by atoms with Crippen LogP contribution in [0.15, 0.2) is 76.5 Å². The molecule has 1 aliphatic heterocycles. The van der Waals surface area contributed by atoms with E-state index in [1.54, 1.807) is 13.0 Å². The number of anilines is 1. The molecule has 43 heavy (non-hydrogen) atoms. The SMILES string of the molecule is C[C@@H]1CN([C@@H](C)CO)C(=O)Cc2cc(NS(=O)(=O)c3ccc(Cl)cc3)ccc2O[C@H]1CN(C)S(=O)(=O)c1ccc(Cl)cc1. The summed E-state index contributed by atoms with van der Waals surface area (Å²) in [5.41, 5.74) is 0.608. The van der Waals surface area contributed by atoms with Crippen molar-refractivity contribution in [3.05, 3.63) is 82.3 Å². The predicted molar refractivity (Wildman–Crippen MR) is 166 cm³/mol. The highest BCUT2D eigenvalue weighted by atomic mass is 35.5. The van der Waals surface area contributed by atoms with E-state index in [4.69, 9.17) is 27.9 Å². The first-order valence-corrected chi connectivity index (χ1v) is 17.1. The van der Waals surface area contributed by atoms with E-state index in [2.05, 4.69) is 4.72 Å². The van der Waals surface area contributed by atoms with Crippen molar-refractivity contribution in [1.82, 2.24) is 9.21 Å². The molecule has 3 aromatic rings. The number of ether oxygens (including phenoxy) is 1. The second kappa shape index (κ2) is 13.4. The average Bonchev–Trinajstić information content (AvgIpc) is 3.00. The van der Waals surface area contributed by atoms with Crippen LogP contribution in [0.3, 0.4) is 0 Å². The number of halogens is 2. The van der Waals surface area contributed by atoms with Crippen LogP contribution in [0.1, 0.15) is 19.4 Å². The molecule has 10 nitrogen and oxygen atoms in total. The summed E-state index contributed by atoms with van der Waals surface area (Å²) in [6.45, 7) is 3.43. The molecule has 1 heterocycles. The van der Waals surface area contributed by atoms with Crippen LogP contribution >= 0.6 is 23.2 Å². The molecule has 0 unspecified atom stereocenters. The molecule has 0 bridgehead atoms. The van der Waals surface area contributed by atoms with Gasteiger partial charge >= 0.3 is 0 Å². The maximum Gasteiger partial charge on any atom is 0.261 e. The first kappa shape index (κ1) is 33.0. The summed E-state index contributed by atoms with van der Waals surface area (Å²) in [4.78, 5) is 15.1. The Labute approximate surface area is 262 Å². The maximum atomic E-state index is 13.5. The van der Waals surface area contributed by atoms with Crippen molar-refractivity contribution in [1.29, 1.82) is 0 Å². The molecule has 0 aliphatic carbocycles. The van der Waals surface area contributed by atoms with E-state index in [1.807, 2.05) is 6.92 Å². The minimum atomic E-state index is -3.96. The van der Waals surface area contributed by atoms with Gasteiger partial charge in [-0.3, -0.25) is 9.52 Å². The number of carbonyl (C=O) groups is 1. The summed E-state index contributed by atoms with van der Waals surface area (Å²) in [5.74, 6) is -0.330. The molecule has 0 spiro atoms. The third-order valence-corrected chi connectivity index (χ3v) is 11.0. The van der Waals surface area contributed by atoms with Gasteiger partial charge in [-0.25, -0.2) is 16.8 Å². The number of nitrogens with one attached hydrogen (secondary N) is 1. The average molecular weight is 671 g/mol. The monoisotopic (exact) mass is 669 g/mol. The van der Waals surface area contributed by atoms with Gasteiger partial charge in [-0.15, -0.1) is 0 Å². The maximum absolute atomic E-state index is 13.5. The molecular weight excluding hydrogens is 637 g/mol. The number of aliphatic hydroxyl groups excluding tert-OH is 1. The zero-order valence-electron chi connectivity index (χ0n) is 23.8. The number of rotatable bonds is 9. The van der Waals surface area contributed by atoms with Crippen LogP contribution in [0.4, 0.5) is 5.69 Å². The van der Waals surface area contributed by atoms with Gasteiger partial charge in [0.2, 0.25) is 15.9 Å². The number of benzene rings is 3. The van der Waals surface area contributed by atoms with Gasteiger partial charge in [0.25, 0.3) is 10.0 Å². The standard InChI is InChI=1S/C29H33Cl2N3O7S2/c1-19-16-34(20(2)18-35)29(36)15-21-14-24(32-42(37,38)25-9-4-22(30)5-10-25)8-13-27(21)41-28(19)17-33(3)43(39,40)26-11-6-23(31)7-12-26/h4-14,19-20,28,32,35H,15-18H2,1-3H3/t19-,20+,28+/m1/s1. The number of hydrogen-bond donors (Lipinski definition) is 2. The van der Waals surface area contributed by atoms with Crippen molar-refractivity contribution < 1.29 is 31.5 Å². The van der Waals surface area contributed by atoms with Crippen molar-refractivity contribution in [2.45, 2.75) is 42.2 Å². The van der Waals surface area contributed by atoms with E-state index in [1.165, 1.54) is 76.9 Å². The Bertz CT molecular complexity index is 1670. The molecule has 1 aliphatic rings. The molecular formula is C29H33Cl2N3O7S2. The van der Waals surface area contributed by atoms with Crippen LogP contribution in [0.5, 0.6) is 5.75 Å². The van der Waals surface area contributed by atoms with E-state index in [9.17, 15) is 26.7 Å². The highest BCUT2D eigenvalue weighted by Crippen LogP contribution is 2.31. The van der Waals surface area contributed by atoms with Crippen molar-refractivity contribution in [3.8, 4) is 5.75 Å². The number of fused-ring (bicyclic) bond motifs is 1. The van der Waals surface area contributed by atoms with Gasteiger partial charge in [-0.2, -0.15) is 4.31 Å². The lowest BCUT2D eigenvalue weighted by atomic mass is 10.0. The number of carbonyl (C=O) groups excluding carboxylic acids is 1. The first-order valence-electron chi connectivity index (χ1n) is 13.4. The highest BCUT2D eigenvalue weighted by molar-refractivity contribution is 7.92. The Morgan fingerprint density at radius 1 is 1.00 bits per heavy atom. The number of sulfonamides is 2. The molecule has 0 fully saturated rings. The van der Waals surface area contributed by atoms with Gasteiger partial charge in [0.1, 0.15) is 11.9 Å². The predicted octanol–water partition coefficient (Wildman–Crippen LogP) is 4.26. The fraction of sp³-hybridized carbons (Fsp3) is 0.345. The van der Waals surface area contributed by atoms with E-state index >= 15 is 0 Å². The second-order valence-corrected chi connectivity index (χ2v) is 15.1. The third-order valence-electron chi connectivity index (χ3n) is 7.25. The molecule has 0 saturated heterocycles. The van der Waals surface area contributed by atoms with Crippen LogP contribution in [0.2, 0.25) is 10.0 Å².